The van der Waals surface area contributed by atoms with Crippen LogP contribution in [0.2, 0.25) is 0 Å². The minimum atomic E-state index is -0.0858. The van der Waals surface area contributed by atoms with E-state index in [1.807, 2.05) is 19.9 Å². The second-order valence-electron chi connectivity index (χ2n) is 5.16. The third-order valence-corrected chi connectivity index (χ3v) is 3.69. The molecule has 110 valence electrons. The summed E-state index contributed by atoms with van der Waals surface area (Å²) < 4.78 is 11.9. The first-order valence-electron chi connectivity index (χ1n) is 6.92. The van der Waals surface area contributed by atoms with Gasteiger partial charge < -0.3 is 14.8 Å². The predicted octanol–water partition coefficient (Wildman–Crippen LogP) is 3.15. The van der Waals surface area contributed by atoms with Gasteiger partial charge in [-0.2, -0.15) is 0 Å². The van der Waals surface area contributed by atoms with Gasteiger partial charge >= 0.3 is 0 Å². The Labute approximate surface area is 128 Å². The van der Waals surface area contributed by atoms with E-state index in [0.717, 1.165) is 29.7 Å². The maximum atomic E-state index is 12.1. The first-order valence-corrected chi connectivity index (χ1v) is 7.71. The van der Waals surface area contributed by atoms with Gasteiger partial charge in [-0.3, -0.25) is 4.79 Å². The molecule has 0 spiro atoms. The maximum absolute atomic E-state index is 12.1. The molecule has 0 saturated carbocycles. The van der Waals surface area contributed by atoms with Crippen molar-refractivity contribution in [2.75, 3.05) is 13.2 Å². The molecule has 1 aromatic carbocycles. The zero-order chi connectivity index (χ0) is 14.5. The standard InChI is InChI=1S/C15H20BrNO3/c1-10(2)20-14-6-5-11(8-13(14)16)15(18)17-9-12-4-3-7-19-12/h5-6,8,10,12H,3-4,7,9H2,1-2H3,(H,17,18)/t12-/m0/s1. The van der Waals surface area contributed by atoms with Crippen LogP contribution in [0.5, 0.6) is 5.75 Å². The number of carbonyl (C=O) groups is 1. The third kappa shape index (κ3) is 4.21. The van der Waals surface area contributed by atoms with Gasteiger partial charge in [0, 0.05) is 18.7 Å². The summed E-state index contributed by atoms with van der Waals surface area (Å²) in [6.45, 7) is 5.30. The van der Waals surface area contributed by atoms with Crippen molar-refractivity contribution >= 4 is 21.8 Å². The van der Waals surface area contributed by atoms with Crippen LogP contribution in [0.15, 0.2) is 22.7 Å². The molecule has 0 bridgehead atoms. The minimum absolute atomic E-state index is 0.0858. The molecule has 0 aliphatic carbocycles. The van der Waals surface area contributed by atoms with E-state index in [9.17, 15) is 4.79 Å². The van der Waals surface area contributed by atoms with Gasteiger partial charge in [0.05, 0.1) is 16.7 Å². The van der Waals surface area contributed by atoms with Crippen LogP contribution < -0.4 is 10.1 Å². The Hall–Kier alpha value is -1.07. The molecule has 20 heavy (non-hydrogen) atoms. The van der Waals surface area contributed by atoms with Crippen molar-refractivity contribution in [3.05, 3.63) is 28.2 Å². The molecular formula is C15H20BrNO3. The van der Waals surface area contributed by atoms with Crippen molar-refractivity contribution in [3.63, 3.8) is 0 Å². The Kier molecular flexibility index (Phi) is 5.43. The van der Waals surface area contributed by atoms with E-state index >= 15 is 0 Å². The summed E-state index contributed by atoms with van der Waals surface area (Å²) in [6, 6.07) is 5.36. The van der Waals surface area contributed by atoms with Gasteiger partial charge in [0.2, 0.25) is 0 Å². The van der Waals surface area contributed by atoms with Crippen molar-refractivity contribution in [1.29, 1.82) is 0 Å². The van der Waals surface area contributed by atoms with Crippen molar-refractivity contribution < 1.29 is 14.3 Å². The second-order valence-corrected chi connectivity index (χ2v) is 6.01. The summed E-state index contributed by atoms with van der Waals surface area (Å²) >= 11 is 3.43. The molecule has 5 heteroatoms. The Morgan fingerprint density at radius 2 is 2.35 bits per heavy atom. The molecule has 1 aliphatic rings. The normalized spacial score (nSPS) is 18.3. The molecule has 1 fully saturated rings. The van der Waals surface area contributed by atoms with E-state index in [1.165, 1.54) is 0 Å². The highest BCUT2D eigenvalue weighted by atomic mass is 79.9. The largest absolute Gasteiger partial charge is 0.490 e. The van der Waals surface area contributed by atoms with Crippen LogP contribution in [-0.2, 0) is 4.74 Å². The lowest BCUT2D eigenvalue weighted by atomic mass is 10.2. The minimum Gasteiger partial charge on any atom is -0.490 e. The number of ether oxygens (including phenoxy) is 2. The number of benzene rings is 1. The zero-order valence-corrected chi connectivity index (χ0v) is 13.4. The molecule has 1 aromatic rings. The molecule has 1 atom stereocenters. The van der Waals surface area contributed by atoms with Gasteiger partial charge in [-0.1, -0.05) is 0 Å². The Morgan fingerprint density at radius 1 is 1.55 bits per heavy atom. The van der Waals surface area contributed by atoms with E-state index in [4.69, 9.17) is 9.47 Å². The van der Waals surface area contributed by atoms with Gasteiger partial charge in [0.1, 0.15) is 5.75 Å². The molecule has 0 aromatic heterocycles. The van der Waals surface area contributed by atoms with Crippen LogP contribution in [0.1, 0.15) is 37.0 Å². The zero-order valence-electron chi connectivity index (χ0n) is 11.8. The van der Waals surface area contributed by atoms with Gasteiger partial charge in [0.15, 0.2) is 0 Å². The molecule has 1 heterocycles. The smallest absolute Gasteiger partial charge is 0.251 e. The van der Waals surface area contributed by atoms with Crippen LogP contribution in [0.25, 0.3) is 0 Å². The Bertz CT molecular complexity index is 470. The number of halogens is 1. The third-order valence-electron chi connectivity index (χ3n) is 3.07. The first-order chi connectivity index (χ1) is 9.56. The SMILES string of the molecule is CC(C)Oc1ccc(C(=O)NC[C@@H]2CCCO2)cc1Br. The second kappa shape index (κ2) is 7.09. The summed E-state index contributed by atoms with van der Waals surface area (Å²) in [4.78, 5) is 12.1. The highest BCUT2D eigenvalue weighted by Gasteiger charge is 2.17. The number of hydrogen-bond donors (Lipinski definition) is 1. The van der Waals surface area contributed by atoms with Crippen LogP contribution >= 0.6 is 15.9 Å². The monoisotopic (exact) mass is 341 g/mol. The average molecular weight is 342 g/mol. The lowest BCUT2D eigenvalue weighted by Crippen LogP contribution is -2.31. The maximum Gasteiger partial charge on any atom is 0.251 e. The molecule has 2 rings (SSSR count). The number of nitrogens with one attached hydrogen (secondary N) is 1. The fourth-order valence-corrected chi connectivity index (χ4v) is 2.58. The molecule has 1 aliphatic heterocycles. The van der Waals surface area contributed by atoms with Crippen molar-refractivity contribution in [2.45, 2.75) is 38.9 Å². The van der Waals surface area contributed by atoms with Gasteiger partial charge in [0.25, 0.3) is 5.91 Å². The van der Waals surface area contributed by atoms with Crippen LogP contribution in [0.3, 0.4) is 0 Å². The molecule has 0 unspecified atom stereocenters. The molecule has 1 amide bonds. The van der Waals surface area contributed by atoms with E-state index in [2.05, 4.69) is 21.2 Å². The van der Waals surface area contributed by atoms with Crippen LogP contribution in [0.4, 0.5) is 0 Å². The van der Waals surface area contributed by atoms with Gasteiger partial charge in [-0.15, -0.1) is 0 Å². The molecule has 1 saturated heterocycles. The molecule has 1 N–H and O–H groups in total. The summed E-state index contributed by atoms with van der Waals surface area (Å²) in [5.74, 6) is 0.660. The molecular weight excluding hydrogens is 322 g/mol. The predicted molar refractivity (Wildman–Crippen MR) is 81.2 cm³/mol. The van der Waals surface area contributed by atoms with Crippen molar-refractivity contribution in [3.8, 4) is 5.75 Å². The first kappa shape index (κ1) is 15.3. The van der Waals surface area contributed by atoms with Crippen LogP contribution in [0, 0.1) is 0 Å². The Balaban J connectivity index is 1.94. The van der Waals surface area contributed by atoms with Gasteiger partial charge in [-0.05, 0) is 60.8 Å². The molecule has 4 nitrogen and oxygen atoms in total. The Morgan fingerprint density at radius 3 is 2.95 bits per heavy atom. The number of hydrogen-bond acceptors (Lipinski definition) is 3. The lowest BCUT2D eigenvalue weighted by molar-refractivity contribution is 0.0857. The summed E-state index contributed by atoms with van der Waals surface area (Å²) in [6.07, 6.45) is 2.36. The molecule has 0 radical (unpaired) electrons. The highest BCUT2D eigenvalue weighted by Crippen LogP contribution is 2.27. The fourth-order valence-electron chi connectivity index (χ4n) is 2.11. The fraction of sp³-hybridized carbons (Fsp3) is 0.533. The summed E-state index contributed by atoms with van der Waals surface area (Å²) in [5, 5.41) is 2.90. The van der Waals surface area contributed by atoms with E-state index in [-0.39, 0.29) is 18.1 Å². The highest BCUT2D eigenvalue weighted by molar-refractivity contribution is 9.10. The number of amides is 1. The van der Waals surface area contributed by atoms with E-state index in [0.29, 0.717) is 12.1 Å². The average Bonchev–Trinajstić information content (AvgIpc) is 2.91. The van der Waals surface area contributed by atoms with Gasteiger partial charge in [-0.25, -0.2) is 0 Å². The van der Waals surface area contributed by atoms with Crippen molar-refractivity contribution in [1.82, 2.24) is 5.32 Å². The van der Waals surface area contributed by atoms with E-state index in [1.54, 1.807) is 12.1 Å². The van der Waals surface area contributed by atoms with E-state index < -0.39 is 0 Å². The topological polar surface area (TPSA) is 47.6 Å². The van der Waals surface area contributed by atoms with Crippen LogP contribution in [-0.4, -0.2) is 31.3 Å². The van der Waals surface area contributed by atoms with Crippen molar-refractivity contribution in [2.24, 2.45) is 0 Å². The summed E-state index contributed by atoms with van der Waals surface area (Å²) in [5.41, 5.74) is 0.617. The quantitative estimate of drug-likeness (QED) is 0.894. The summed E-state index contributed by atoms with van der Waals surface area (Å²) in [7, 11) is 0. The number of rotatable bonds is 5. The number of carbonyl (C=O) groups excluding carboxylic acids is 1. The lowest BCUT2D eigenvalue weighted by Gasteiger charge is -2.13.